The second-order valence-corrected chi connectivity index (χ2v) is 16.9. The molecule has 9 nitrogen and oxygen atoms in total. The van der Waals surface area contributed by atoms with E-state index in [9.17, 15) is 19.4 Å². The molecule has 0 aliphatic heterocycles. The van der Waals surface area contributed by atoms with Crippen LogP contribution >= 0.6 is 7.82 Å². The van der Waals surface area contributed by atoms with Crippen molar-refractivity contribution >= 4 is 13.8 Å². The molecule has 3 N–H and O–H groups in total. The van der Waals surface area contributed by atoms with Crippen molar-refractivity contribution in [1.29, 1.82) is 0 Å². The number of carbonyl (C=O) groups is 1. The number of allylic oxidation sites excluding steroid dienone is 4. The molecular weight excluding hydrogens is 715 g/mol. The standard InChI is InChI=1S/C45H87O9P/c1-3-5-7-9-11-13-15-17-19-20-21-22-23-25-27-29-31-33-35-37-45(48)54-44(42-53-55(49,50)52-40-43(47)39-46)41-51-38-36-34-32-30-28-26-24-18-16-14-12-10-8-6-4-2/h11,13,17,19,43-44,46-47H,3-10,12,14-16,18,20-42H2,1-2H3,(H,49,50)/b13-11-,19-17-. The van der Waals surface area contributed by atoms with E-state index in [0.717, 1.165) is 38.5 Å². The normalized spacial score (nSPS) is 14.2. The predicted molar refractivity (Wildman–Crippen MR) is 228 cm³/mol. The Bertz CT molecular complexity index is 913. The van der Waals surface area contributed by atoms with E-state index in [4.69, 9.17) is 23.6 Å². The van der Waals surface area contributed by atoms with Crippen molar-refractivity contribution < 1.29 is 43.0 Å². The van der Waals surface area contributed by atoms with Gasteiger partial charge in [-0.1, -0.05) is 186 Å². The molecule has 0 aromatic rings. The van der Waals surface area contributed by atoms with Crippen LogP contribution in [-0.4, -0.2) is 66.3 Å². The van der Waals surface area contributed by atoms with Crippen molar-refractivity contribution in [3.05, 3.63) is 24.3 Å². The average molecular weight is 803 g/mol. The van der Waals surface area contributed by atoms with Gasteiger partial charge in [-0.05, 0) is 44.9 Å². The van der Waals surface area contributed by atoms with Crippen LogP contribution in [-0.2, 0) is 27.9 Å². The molecular formula is C45H87O9P. The molecule has 55 heavy (non-hydrogen) atoms. The van der Waals surface area contributed by atoms with Crippen LogP contribution in [0.1, 0.15) is 213 Å². The summed E-state index contributed by atoms with van der Waals surface area (Å²) >= 11 is 0. The Morgan fingerprint density at radius 3 is 1.49 bits per heavy atom. The predicted octanol–water partition coefficient (Wildman–Crippen LogP) is 12.6. The van der Waals surface area contributed by atoms with Gasteiger partial charge in [0.15, 0.2) is 0 Å². The summed E-state index contributed by atoms with van der Waals surface area (Å²) in [7, 11) is -4.51. The minimum absolute atomic E-state index is 0.0520. The van der Waals surface area contributed by atoms with Crippen LogP contribution < -0.4 is 0 Å². The highest BCUT2D eigenvalue weighted by Crippen LogP contribution is 2.43. The van der Waals surface area contributed by atoms with Crippen molar-refractivity contribution in [1.82, 2.24) is 0 Å². The smallest absolute Gasteiger partial charge is 0.457 e. The number of esters is 1. The van der Waals surface area contributed by atoms with Crippen LogP contribution in [0.4, 0.5) is 0 Å². The second kappa shape index (κ2) is 42.5. The highest BCUT2D eigenvalue weighted by molar-refractivity contribution is 7.47. The van der Waals surface area contributed by atoms with Gasteiger partial charge in [-0.2, -0.15) is 0 Å². The SMILES string of the molecule is CCCCC/C=C\C/C=C\CCCCCCCCCCCC(=O)OC(COCCCCCCCCCCCCCCCCC)COP(=O)(O)OCC(O)CO. The zero-order valence-corrected chi connectivity index (χ0v) is 36.6. The highest BCUT2D eigenvalue weighted by Gasteiger charge is 2.26. The molecule has 0 aromatic heterocycles. The van der Waals surface area contributed by atoms with Crippen molar-refractivity contribution in [3.63, 3.8) is 0 Å². The first kappa shape index (κ1) is 53.9. The van der Waals surface area contributed by atoms with E-state index in [1.54, 1.807) is 0 Å². The fourth-order valence-corrected chi connectivity index (χ4v) is 7.18. The summed E-state index contributed by atoms with van der Waals surface area (Å²) in [6, 6.07) is 0. The van der Waals surface area contributed by atoms with E-state index in [1.165, 1.54) is 154 Å². The molecule has 0 spiro atoms. The first-order chi connectivity index (χ1) is 26.8. The number of ether oxygens (including phenoxy) is 2. The summed E-state index contributed by atoms with van der Waals surface area (Å²) < 4.78 is 33.4. The molecule has 0 heterocycles. The fourth-order valence-electron chi connectivity index (χ4n) is 6.39. The van der Waals surface area contributed by atoms with E-state index < -0.39 is 33.2 Å². The lowest BCUT2D eigenvalue weighted by atomic mass is 10.0. The largest absolute Gasteiger partial charge is 0.472 e. The zero-order valence-electron chi connectivity index (χ0n) is 35.7. The molecule has 0 bridgehead atoms. The molecule has 0 saturated heterocycles. The van der Waals surface area contributed by atoms with Crippen molar-refractivity contribution in [3.8, 4) is 0 Å². The van der Waals surface area contributed by atoms with E-state index in [2.05, 4.69) is 38.2 Å². The number of aliphatic hydroxyl groups is 2. The van der Waals surface area contributed by atoms with Gasteiger partial charge in [0.2, 0.25) is 0 Å². The summed E-state index contributed by atoms with van der Waals surface area (Å²) in [5.74, 6) is -0.384. The zero-order chi connectivity index (χ0) is 40.3. The number of hydrogen-bond acceptors (Lipinski definition) is 8. The molecule has 0 aliphatic carbocycles. The molecule has 0 radical (unpaired) electrons. The molecule has 0 saturated carbocycles. The fraction of sp³-hybridized carbons (Fsp3) is 0.889. The van der Waals surface area contributed by atoms with Gasteiger partial charge in [-0.3, -0.25) is 13.8 Å². The summed E-state index contributed by atoms with van der Waals surface area (Å²) in [6.07, 6.45) is 44.1. The number of unbranched alkanes of at least 4 members (excludes halogenated alkanes) is 26. The molecule has 0 amide bonds. The lowest BCUT2D eigenvalue weighted by molar-refractivity contribution is -0.154. The molecule has 3 unspecified atom stereocenters. The number of hydrogen-bond donors (Lipinski definition) is 3. The van der Waals surface area contributed by atoms with Gasteiger partial charge in [-0.25, -0.2) is 4.57 Å². The number of aliphatic hydroxyl groups excluding tert-OH is 2. The quantitative estimate of drug-likeness (QED) is 0.0238. The summed E-state index contributed by atoms with van der Waals surface area (Å²) in [6.45, 7) is 3.53. The maximum Gasteiger partial charge on any atom is 0.472 e. The lowest BCUT2D eigenvalue weighted by Crippen LogP contribution is -2.29. The van der Waals surface area contributed by atoms with Gasteiger partial charge in [0.05, 0.1) is 26.4 Å². The molecule has 326 valence electrons. The number of carbonyl (C=O) groups excluding carboxylic acids is 1. The molecule has 0 fully saturated rings. The maximum atomic E-state index is 12.6. The number of phosphoric ester groups is 1. The average Bonchev–Trinajstić information content (AvgIpc) is 3.18. The van der Waals surface area contributed by atoms with Crippen LogP contribution in [0, 0.1) is 0 Å². The van der Waals surface area contributed by atoms with Crippen LogP contribution in [0.15, 0.2) is 24.3 Å². The van der Waals surface area contributed by atoms with E-state index in [1.807, 2.05) is 0 Å². The van der Waals surface area contributed by atoms with E-state index in [-0.39, 0.29) is 25.6 Å². The van der Waals surface area contributed by atoms with Crippen LogP contribution in [0.2, 0.25) is 0 Å². The Hall–Kier alpha value is -1.06. The monoisotopic (exact) mass is 803 g/mol. The van der Waals surface area contributed by atoms with Crippen molar-refractivity contribution in [2.75, 3.05) is 33.0 Å². The van der Waals surface area contributed by atoms with E-state index in [0.29, 0.717) is 6.61 Å². The first-order valence-electron chi connectivity index (χ1n) is 22.8. The Morgan fingerprint density at radius 2 is 0.982 bits per heavy atom. The second-order valence-electron chi connectivity index (χ2n) is 15.4. The minimum Gasteiger partial charge on any atom is -0.457 e. The summed E-state index contributed by atoms with van der Waals surface area (Å²) in [5, 5.41) is 18.4. The number of phosphoric acid groups is 1. The minimum atomic E-state index is -4.51. The third kappa shape index (κ3) is 42.4. The maximum absolute atomic E-state index is 12.6. The Balaban J connectivity index is 4.12. The summed E-state index contributed by atoms with van der Waals surface area (Å²) in [5.41, 5.74) is 0. The van der Waals surface area contributed by atoms with Crippen LogP contribution in [0.25, 0.3) is 0 Å². The summed E-state index contributed by atoms with van der Waals surface area (Å²) in [4.78, 5) is 22.6. The molecule has 3 atom stereocenters. The van der Waals surface area contributed by atoms with Gasteiger partial charge < -0.3 is 24.6 Å². The Kier molecular flexibility index (Phi) is 41.7. The molecule has 10 heteroatoms. The topological polar surface area (TPSA) is 132 Å². The van der Waals surface area contributed by atoms with Gasteiger partial charge in [-0.15, -0.1) is 0 Å². The highest BCUT2D eigenvalue weighted by atomic mass is 31.2. The first-order valence-corrected chi connectivity index (χ1v) is 24.3. The van der Waals surface area contributed by atoms with Gasteiger partial charge >= 0.3 is 13.8 Å². The molecule has 0 aromatic carbocycles. The van der Waals surface area contributed by atoms with Gasteiger partial charge in [0.1, 0.15) is 12.2 Å². The van der Waals surface area contributed by atoms with Crippen LogP contribution in [0.3, 0.4) is 0 Å². The molecule has 0 rings (SSSR count). The third-order valence-electron chi connectivity index (χ3n) is 9.89. The van der Waals surface area contributed by atoms with Gasteiger partial charge in [0.25, 0.3) is 0 Å². The Morgan fingerprint density at radius 1 is 0.564 bits per heavy atom. The van der Waals surface area contributed by atoms with Crippen molar-refractivity contribution in [2.45, 2.75) is 225 Å². The third-order valence-corrected chi connectivity index (χ3v) is 10.8. The molecule has 0 aliphatic rings. The Labute approximate surface area is 338 Å². The lowest BCUT2D eigenvalue weighted by Gasteiger charge is -2.20. The van der Waals surface area contributed by atoms with Crippen LogP contribution in [0.5, 0.6) is 0 Å². The van der Waals surface area contributed by atoms with Crippen molar-refractivity contribution in [2.24, 2.45) is 0 Å². The van der Waals surface area contributed by atoms with E-state index >= 15 is 0 Å². The number of rotatable bonds is 44. The van der Waals surface area contributed by atoms with Gasteiger partial charge in [0, 0.05) is 13.0 Å².